The standard InChI is InChI=1S/C45H31N3/c1-4-16-32(17-5-1)35-22-14-24-37(30-35)44-46-43(34-20-8-3-9-21-34)47-45(48-44)38-25-15-23-36(31-38)40-27-11-13-29-42(40)41-28-12-10-26-39(41)33-18-6-2-7-19-33/h1-31H. The molecule has 0 aliphatic rings. The predicted molar refractivity (Wildman–Crippen MR) is 198 cm³/mol. The lowest BCUT2D eigenvalue weighted by Crippen LogP contribution is -2.00. The van der Waals surface area contributed by atoms with Crippen LogP contribution in [0.25, 0.3) is 78.7 Å². The molecule has 1 aromatic heterocycles. The Morgan fingerprint density at radius 2 is 0.542 bits per heavy atom. The first-order chi connectivity index (χ1) is 23.8. The monoisotopic (exact) mass is 613 g/mol. The average Bonchev–Trinajstić information content (AvgIpc) is 3.19. The zero-order valence-electron chi connectivity index (χ0n) is 26.2. The molecule has 226 valence electrons. The van der Waals surface area contributed by atoms with Crippen LogP contribution in [-0.4, -0.2) is 15.0 Å². The Labute approximate surface area is 280 Å². The van der Waals surface area contributed by atoms with E-state index in [1.165, 1.54) is 22.3 Å². The average molecular weight is 614 g/mol. The van der Waals surface area contributed by atoms with Gasteiger partial charge in [-0.05, 0) is 56.6 Å². The van der Waals surface area contributed by atoms with E-state index in [0.29, 0.717) is 17.5 Å². The molecule has 48 heavy (non-hydrogen) atoms. The summed E-state index contributed by atoms with van der Waals surface area (Å²) in [6.45, 7) is 0. The number of hydrogen-bond donors (Lipinski definition) is 0. The molecular weight excluding hydrogens is 583 g/mol. The van der Waals surface area contributed by atoms with Crippen molar-refractivity contribution in [3.8, 4) is 78.7 Å². The smallest absolute Gasteiger partial charge is 0.164 e. The first kappa shape index (κ1) is 29.0. The summed E-state index contributed by atoms with van der Waals surface area (Å²) in [7, 11) is 0. The van der Waals surface area contributed by atoms with Crippen LogP contribution in [0.1, 0.15) is 0 Å². The molecule has 0 radical (unpaired) electrons. The lowest BCUT2D eigenvalue weighted by molar-refractivity contribution is 1.07. The molecule has 0 bridgehead atoms. The van der Waals surface area contributed by atoms with E-state index in [0.717, 1.165) is 38.9 Å². The Hall–Kier alpha value is -6.45. The van der Waals surface area contributed by atoms with E-state index >= 15 is 0 Å². The third kappa shape index (κ3) is 5.93. The van der Waals surface area contributed by atoms with Crippen molar-refractivity contribution in [2.75, 3.05) is 0 Å². The molecule has 0 fully saturated rings. The molecule has 0 saturated carbocycles. The van der Waals surface area contributed by atoms with Gasteiger partial charge in [0.1, 0.15) is 0 Å². The fourth-order valence-electron chi connectivity index (χ4n) is 6.20. The zero-order chi connectivity index (χ0) is 32.1. The van der Waals surface area contributed by atoms with E-state index in [9.17, 15) is 0 Å². The van der Waals surface area contributed by atoms with Crippen molar-refractivity contribution >= 4 is 0 Å². The summed E-state index contributed by atoms with van der Waals surface area (Å²) in [6.07, 6.45) is 0. The molecule has 0 saturated heterocycles. The van der Waals surface area contributed by atoms with Crippen molar-refractivity contribution in [3.05, 3.63) is 188 Å². The van der Waals surface area contributed by atoms with E-state index in [-0.39, 0.29) is 0 Å². The van der Waals surface area contributed by atoms with Gasteiger partial charge in [0.15, 0.2) is 17.5 Å². The molecule has 0 aliphatic heterocycles. The molecule has 8 rings (SSSR count). The van der Waals surface area contributed by atoms with Crippen LogP contribution in [0, 0.1) is 0 Å². The Bertz CT molecular complexity index is 2330. The fourth-order valence-corrected chi connectivity index (χ4v) is 6.20. The highest BCUT2D eigenvalue weighted by Crippen LogP contribution is 2.39. The second-order valence-corrected chi connectivity index (χ2v) is 11.7. The van der Waals surface area contributed by atoms with Crippen molar-refractivity contribution < 1.29 is 0 Å². The van der Waals surface area contributed by atoms with Gasteiger partial charge in [-0.25, -0.2) is 15.0 Å². The quantitative estimate of drug-likeness (QED) is 0.179. The maximum atomic E-state index is 5.08. The minimum Gasteiger partial charge on any atom is -0.208 e. The van der Waals surface area contributed by atoms with Gasteiger partial charge < -0.3 is 0 Å². The summed E-state index contributed by atoms with van der Waals surface area (Å²) in [5, 5.41) is 0. The van der Waals surface area contributed by atoms with Crippen LogP contribution >= 0.6 is 0 Å². The molecular formula is C45H31N3. The SMILES string of the molecule is c1ccc(-c2cccc(-c3nc(-c4ccccc4)nc(-c4cccc(-c5ccccc5-c5ccccc5-c5ccccc5)c4)n3)c2)cc1. The molecule has 0 N–H and O–H groups in total. The number of benzene rings is 7. The van der Waals surface area contributed by atoms with Crippen LogP contribution in [0.15, 0.2) is 188 Å². The van der Waals surface area contributed by atoms with Gasteiger partial charge in [-0.1, -0.05) is 176 Å². The lowest BCUT2D eigenvalue weighted by atomic mass is 9.89. The van der Waals surface area contributed by atoms with Crippen molar-refractivity contribution in [2.45, 2.75) is 0 Å². The maximum absolute atomic E-state index is 5.08. The molecule has 0 aliphatic carbocycles. The van der Waals surface area contributed by atoms with Crippen molar-refractivity contribution in [1.82, 2.24) is 15.0 Å². The Kier molecular flexibility index (Phi) is 7.92. The van der Waals surface area contributed by atoms with Crippen LogP contribution in [0.2, 0.25) is 0 Å². The molecule has 0 atom stereocenters. The third-order valence-electron chi connectivity index (χ3n) is 8.56. The molecule has 3 nitrogen and oxygen atoms in total. The van der Waals surface area contributed by atoms with E-state index in [1.807, 2.05) is 36.4 Å². The highest BCUT2D eigenvalue weighted by Gasteiger charge is 2.16. The zero-order valence-corrected chi connectivity index (χ0v) is 26.2. The molecule has 7 aromatic carbocycles. The van der Waals surface area contributed by atoms with Gasteiger partial charge in [-0.2, -0.15) is 0 Å². The third-order valence-corrected chi connectivity index (χ3v) is 8.56. The van der Waals surface area contributed by atoms with E-state index in [4.69, 9.17) is 15.0 Å². The van der Waals surface area contributed by atoms with Crippen molar-refractivity contribution in [2.24, 2.45) is 0 Å². The summed E-state index contributed by atoms with van der Waals surface area (Å²) < 4.78 is 0. The van der Waals surface area contributed by atoms with Crippen molar-refractivity contribution in [3.63, 3.8) is 0 Å². The number of hydrogen-bond acceptors (Lipinski definition) is 3. The normalized spacial score (nSPS) is 10.9. The molecule has 3 heteroatoms. The second-order valence-electron chi connectivity index (χ2n) is 11.7. The van der Waals surface area contributed by atoms with Crippen molar-refractivity contribution in [1.29, 1.82) is 0 Å². The summed E-state index contributed by atoms with van der Waals surface area (Å²) in [5.41, 5.74) is 12.1. The summed E-state index contributed by atoms with van der Waals surface area (Å²) in [4.78, 5) is 15.1. The van der Waals surface area contributed by atoms with Gasteiger partial charge in [0.05, 0.1) is 0 Å². The molecule has 0 spiro atoms. The van der Waals surface area contributed by atoms with Crippen LogP contribution < -0.4 is 0 Å². The van der Waals surface area contributed by atoms with Crippen LogP contribution in [0.4, 0.5) is 0 Å². The second kappa shape index (κ2) is 13.1. The van der Waals surface area contributed by atoms with E-state index < -0.39 is 0 Å². The lowest BCUT2D eigenvalue weighted by Gasteiger charge is -2.15. The van der Waals surface area contributed by atoms with Gasteiger partial charge in [-0.15, -0.1) is 0 Å². The van der Waals surface area contributed by atoms with E-state index in [2.05, 4.69) is 152 Å². The topological polar surface area (TPSA) is 38.7 Å². The van der Waals surface area contributed by atoms with Gasteiger partial charge in [0.2, 0.25) is 0 Å². The molecule has 8 aromatic rings. The maximum Gasteiger partial charge on any atom is 0.164 e. The summed E-state index contributed by atoms with van der Waals surface area (Å²) >= 11 is 0. The van der Waals surface area contributed by atoms with Gasteiger partial charge in [0, 0.05) is 16.7 Å². The van der Waals surface area contributed by atoms with Crippen LogP contribution in [-0.2, 0) is 0 Å². The first-order valence-corrected chi connectivity index (χ1v) is 16.1. The molecule has 1 heterocycles. The van der Waals surface area contributed by atoms with Gasteiger partial charge in [0.25, 0.3) is 0 Å². The highest BCUT2D eigenvalue weighted by atomic mass is 15.0. The molecule has 0 unspecified atom stereocenters. The number of aromatic nitrogens is 3. The summed E-state index contributed by atoms with van der Waals surface area (Å²) in [6, 6.07) is 65.2. The van der Waals surface area contributed by atoms with Crippen LogP contribution in [0.3, 0.4) is 0 Å². The summed E-state index contributed by atoms with van der Waals surface area (Å²) in [5.74, 6) is 1.91. The number of rotatable bonds is 7. The Morgan fingerprint density at radius 3 is 1.08 bits per heavy atom. The number of nitrogens with zero attached hydrogens (tertiary/aromatic N) is 3. The predicted octanol–water partition coefficient (Wildman–Crippen LogP) is 11.5. The minimum atomic E-state index is 0.632. The largest absolute Gasteiger partial charge is 0.208 e. The Morgan fingerprint density at radius 1 is 0.208 bits per heavy atom. The van der Waals surface area contributed by atoms with Gasteiger partial charge in [-0.3, -0.25) is 0 Å². The molecule has 0 amide bonds. The Balaban J connectivity index is 1.25. The highest BCUT2D eigenvalue weighted by molar-refractivity contribution is 5.92. The minimum absolute atomic E-state index is 0.632. The van der Waals surface area contributed by atoms with Gasteiger partial charge >= 0.3 is 0 Å². The van der Waals surface area contributed by atoms with E-state index in [1.54, 1.807) is 0 Å². The van der Waals surface area contributed by atoms with Crippen LogP contribution in [0.5, 0.6) is 0 Å². The fraction of sp³-hybridized carbons (Fsp3) is 0. The first-order valence-electron chi connectivity index (χ1n) is 16.1.